The van der Waals surface area contributed by atoms with E-state index in [4.69, 9.17) is 53.3 Å². The Morgan fingerprint density at radius 3 is 1.70 bits per heavy atom. The van der Waals surface area contributed by atoms with E-state index in [0.29, 0.717) is 6.54 Å². The van der Waals surface area contributed by atoms with Crippen LogP contribution in [0.3, 0.4) is 0 Å². The van der Waals surface area contributed by atoms with Gasteiger partial charge >= 0.3 is 15.2 Å². The van der Waals surface area contributed by atoms with Crippen LogP contribution in [0.15, 0.2) is 0 Å². The molecule has 0 spiro atoms. The van der Waals surface area contributed by atoms with E-state index in [1.165, 1.54) is 0 Å². The van der Waals surface area contributed by atoms with Gasteiger partial charge in [0.2, 0.25) is 0 Å². The van der Waals surface area contributed by atoms with Crippen LogP contribution in [0.5, 0.6) is 0 Å². The van der Waals surface area contributed by atoms with E-state index in [1.54, 1.807) is 11.9 Å². The summed E-state index contributed by atoms with van der Waals surface area (Å²) in [4.78, 5) is 37.5. The van der Waals surface area contributed by atoms with Gasteiger partial charge in [0.15, 0.2) is 5.98 Å². The Hall–Kier alpha value is 1.52. The maximum Gasteiger partial charge on any atom is 0.369 e. The Morgan fingerprint density at radius 1 is 1.00 bits per heavy atom. The van der Waals surface area contributed by atoms with Crippen molar-refractivity contribution in [3.63, 3.8) is 0 Å². The number of nitrogens with zero attached hydrogens (tertiary/aromatic N) is 1. The van der Waals surface area contributed by atoms with Crippen molar-refractivity contribution in [1.82, 2.24) is 4.90 Å². The van der Waals surface area contributed by atoms with Gasteiger partial charge in [-0.3, -0.25) is 9.13 Å². The number of halogens is 3. The maximum absolute atomic E-state index is 11.1. The molecule has 0 saturated carbocycles. The third-order valence-corrected chi connectivity index (χ3v) is 6.78. The van der Waals surface area contributed by atoms with Gasteiger partial charge in [-0.1, -0.05) is 53.5 Å². The number of unbranched alkanes of at least 4 members (excludes halogenated alkanes) is 2. The molecule has 23 heavy (non-hydrogen) atoms. The van der Waals surface area contributed by atoms with Gasteiger partial charge < -0.3 is 29.6 Å². The molecule has 0 aromatic rings. The predicted octanol–water partition coefficient (Wildman–Crippen LogP) is 3.43. The van der Waals surface area contributed by atoms with Gasteiger partial charge in [0, 0.05) is 13.0 Å². The Labute approximate surface area is 151 Å². The minimum atomic E-state index is -5.33. The number of rotatable bonds is 9. The SMILES string of the molecule is CCCCCN(C)CCC(O)(P(=O)(O)O)P(=O)(O)O.ClP(Cl)Cl. The zero-order valence-corrected chi connectivity index (χ0v) is 17.7. The van der Waals surface area contributed by atoms with Crippen molar-refractivity contribution in [2.45, 2.75) is 37.7 Å². The number of hydrogen-bond acceptors (Lipinski definition) is 4. The molecule has 142 valence electrons. The summed E-state index contributed by atoms with van der Waals surface area (Å²) in [7, 11) is -9.00. The van der Waals surface area contributed by atoms with Crippen LogP contribution in [-0.4, -0.2) is 54.8 Å². The van der Waals surface area contributed by atoms with Crippen molar-refractivity contribution in [3.05, 3.63) is 0 Å². The second kappa shape index (κ2) is 12.0. The van der Waals surface area contributed by atoms with E-state index in [2.05, 4.69) is 0 Å². The van der Waals surface area contributed by atoms with Crippen LogP contribution in [-0.2, 0) is 9.13 Å². The largest absolute Gasteiger partial charge is 0.369 e. The minimum Gasteiger partial charge on any atom is -0.367 e. The Kier molecular flexibility index (Phi) is 14.0. The van der Waals surface area contributed by atoms with Crippen molar-refractivity contribution in [2.24, 2.45) is 0 Å². The monoisotopic (exact) mass is 455 g/mol. The molecule has 0 atom stereocenters. The Bertz CT molecular complexity index is 392. The van der Waals surface area contributed by atoms with Gasteiger partial charge in [-0.15, -0.1) is 0 Å². The molecule has 0 fully saturated rings. The van der Waals surface area contributed by atoms with Crippen LogP contribution in [0.2, 0.25) is 0 Å². The quantitative estimate of drug-likeness (QED) is 0.263. The van der Waals surface area contributed by atoms with Gasteiger partial charge in [0.1, 0.15) is 0 Å². The van der Waals surface area contributed by atoms with Crippen molar-refractivity contribution in [3.8, 4) is 0 Å². The lowest BCUT2D eigenvalue weighted by Gasteiger charge is -2.30. The molecule has 0 radical (unpaired) electrons. The lowest BCUT2D eigenvalue weighted by atomic mass is 10.2. The van der Waals surface area contributed by atoms with E-state index in [1.807, 2.05) is 6.92 Å². The van der Waals surface area contributed by atoms with Crippen molar-refractivity contribution in [2.75, 3.05) is 20.1 Å². The highest BCUT2D eigenvalue weighted by molar-refractivity contribution is 8.20. The second-order valence-electron chi connectivity index (χ2n) is 4.81. The van der Waals surface area contributed by atoms with Gasteiger partial charge in [0.05, 0.1) is 0 Å². The molecule has 5 N–H and O–H groups in total. The average Bonchev–Trinajstić information content (AvgIpc) is 2.32. The summed E-state index contributed by atoms with van der Waals surface area (Å²) in [6, 6.07) is 0. The minimum absolute atomic E-state index is 0.0174. The molecule has 0 saturated heterocycles. The number of aliphatic hydroxyl groups is 1. The molecular weight excluding hydrogens is 433 g/mol. The molecule has 8 nitrogen and oxygen atoms in total. The third-order valence-electron chi connectivity index (χ3n) is 2.91. The molecule has 0 aliphatic heterocycles. The van der Waals surface area contributed by atoms with Crippen LogP contribution >= 0.6 is 54.9 Å². The van der Waals surface area contributed by atoms with E-state index >= 15 is 0 Å². The van der Waals surface area contributed by atoms with Crippen molar-refractivity contribution in [1.29, 1.82) is 0 Å². The van der Waals surface area contributed by atoms with Crippen LogP contribution < -0.4 is 0 Å². The number of hydrogen-bond donors (Lipinski definition) is 5. The lowest BCUT2D eigenvalue weighted by Crippen LogP contribution is -2.34. The van der Waals surface area contributed by atoms with Crippen LogP contribution in [0, 0.1) is 0 Å². The fraction of sp³-hybridized carbons (Fsp3) is 1.00. The summed E-state index contributed by atoms with van der Waals surface area (Å²) in [5.74, 6) is -1.20. The van der Waals surface area contributed by atoms with Crippen LogP contribution in [0.4, 0.5) is 0 Å². The Balaban J connectivity index is 0. The first kappa shape index (κ1) is 26.7. The molecule has 0 heterocycles. The first-order valence-electron chi connectivity index (χ1n) is 6.48. The molecule has 0 aromatic carbocycles. The molecule has 0 unspecified atom stereocenters. The highest BCUT2D eigenvalue weighted by Crippen LogP contribution is 2.68. The van der Waals surface area contributed by atoms with Crippen LogP contribution in [0.25, 0.3) is 0 Å². The molecule has 0 rings (SSSR count). The molecule has 0 aliphatic rings. The molecule has 0 bridgehead atoms. The van der Waals surface area contributed by atoms with Gasteiger partial charge in [-0.25, -0.2) is 0 Å². The second-order valence-corrected chi connectivity index (χ2v) is 13.8. The van der Waals surface area contributed by atoms with Crippen LogP contribution in [0.1, 0.15) is 32.6 Å². The van der Waals surface area contributed by atoms with Crippen molar-refractivity contribution < 1.29 is 33.8 Å². The molecule has 0 aromatic heterocycles. The van der Waals surface area contributed by atoms with Gasteiger partial charge in [-0.05, 0) is 20.0 Å². The lowest BCUT2D eigenvalue weighted by molar-refractivity contribution is 0.112. The zero-order chi connectivity index (χ0) is 18.9. The third kappa shape index (κ3) is 11.7. The summed E-state index contributed by atoms with van der Waals surface area (Å²) >= 11 is 14.6. The van der Waals surface area contributed by atoms with Gasteiger partial charge in [-0.2, -0.15) is 0 Å². The van der Waals surface area contributed by atoms with Crippen molar-refractivity contribution >= 4 is 54.9 Å². The average molecular weight is 457 g/mol. The summed E-state index contributed by atoms with van der Waals surface area (Å²) in [5, 5.41) is 6.35. The summed E-state index contributed by atoms with van der Waals surface area (Å²) in [6.45, 7) is 2.64. The molecule has 14 heteroatoms. The summed E-state index contributed by atoms with van der Waals surface area (Å²) < 4.78 is 22.2. The normalized spacial score (nSPS) is 13.2. The molecule has 0 aliphatic carbocycles. The van der Waals surface area contributed by atoms with E-state index < -0.39 is 32.7 Å². The van der Waals surface area contributed by atoms with E-state index in [9.17, 15) is 14.2 Å². The summed E-state index contributed by atoms with van der Waals surface area (Å²) in [5.41, 5.74) is 0. The highest BCUT2D eigenvalue weighted by atomic mass is 36.0. The Morgan fingerprint density at radius 2 is 1.39 bits per heavy atom. The fourth-order valence-corrected chi connectivity index (χ4v) is 3.69. The molecule has 0 amide bonds. The smallest absolute Gasteiger partial charge is 0.367 e. The highest BCUT2D eigenvalue weighted by Gasteiger charge is 2.58. The van der Waals surface area contributed by atoms with E-state index in [-0.39, 0.29) is 6.54 Å². The first-order valence-corrected chi connectivity index (χ1v) is 13.8. The molecular formula is C9H23Cl3NO7P3. The predicted molar refractivity (Wildman–Crippen MR) is 95.2 cm³/mol. The fourth-order valence-electron chi connectivity index (χ4n) is 1.55. The van der Waals surface area contributed by atoms with E-state index in [0.717, 1.165) is 19.3 Å². The first-order chi connectivity index (χ1) is 10.2. The zero-order valence-electron chi connectivity index (χ0n) is 12.7. The maximum atomic E-state index is 11.1. The topological polar surface area (TPSA) is 139 Å². The van der Waals surface area contributed by atoms with Gasteiger partial charge in [0.25, 0.3) is 5.08 Å². The summed E-state index contributed by atoms with van der Waals surface area (Å²) in [6.07, 6.45) is 2.19. The standard InChI is InChI=1S/C9H23NO7P2.Cl3P/c1-3-4-5-7-10(2)8-6-9(11,18(12,13)14)19(15,16)17;1-4(2)3/h11H,3-8H2,1-2H3,(H2,12,13,14)(H2,15,16,17);.